The minimum absolute atomic E-state index is 0.191. The molecule has 3 aliphatic carbocycles. The first kappa shape index (κ1) is 14.4. The molecule has 0 radical (unpaired) electrons. The molecule has 3 aliphatic rings. The van der Waals surface area contributed by atoms with Gasteiger partial charge >= 0.3 is 0 Å². The number of hydrogen-bond donors (Lipinski definition) is 0. The van der Waals surface area contributed by atoms with E-state index in [0.717, 1.165) is 12.8 Å². The minimum Gasteiger partial charge on any atom is -0.373 e. The van der Waals surface area contributed by atoms with Gasteiger partial charge in [-0.25, -0.2) is 0 Å². The van der Waals surface area contributed by atoms with Crippen molar-refractivity contribution in [3.05, 3.63) is 35.9 Å². The van der Waals surface area contributed by atoms with Gasteiger partial charge in [0.05, 0.1) is 12.7 Å². The summed E-state index contributed by atoms with van der Waals surface area (Å²) in [5.41, 5.74) is 1.43. The largest absolute Gasteiger partial charge is 0.373 e. The second kappa shape index (κ2) is 5.19. The lowest BCUT2D eigenvalue weighted by molar-refractivity contribution is -0.127. The third kappa shape index (κ3) is 2.23. The lowest BCUT2D eigenvalue weighted by Gasteiger charge is -2.36. The van der Waals surface area contributed by atoms with E-state index in [4.69, 9.17) is 4.74 Å². The van der Waals surface area contributed by atoms with Gasteiger partial charge in [-0.1, -0.05) is 44.2 Å². The van der Waals surface area contributed by atoms with Crippen LogP contribution in [0.25, 0.3) is 0 Å². The molecule has 3 saturated carbocycles. The zero-order valence-electron chi connectivity index (χ0n) is 13.6. The van der Waals surface area contributed by atoms with Crippen LogP contribution in [0.1, 0.15) is 45.1 Å². The fraction of sp³-hybridized carbons (Fsp3) is 0.650. The minimum atomic E-state index is 0.191. The average Bonchev–Trinajstić information content (AvgIpc) is 2.88. The van der Waals surface area contributed by atoms with Crippen molar-refractivity contribution in [1.29, 1.82) is 0 Å². The smallest absolute Gasteiger partial charge is 0.137 e. The third-order valence-corrected chi connectivity index (χ3v) is 6.58. The number of benzene rings is 1. The summed E-state index contributed by atoms with van der Waals surface area (Å²) < 4.78 is 6.31. The van der Waals surface area contributed by atoms with Gasteiger partial charge in [-0.15, -0.1) is 0 Å². The molecule has 3 fully saturated rings. The Morgan fingerprint density at radius 3 is 2.77 bits per heavy atom. The van der Waals surface area contributed by atoms with E-state index in [2.05, 4.69) is 38.1 Å². The van der Waals surface area contributed by atoms with Crippen LogP contribution in [-0.4, -0.2) is 11.9 Å². The number of carbonyl (C=O) groups excluding carboxylic acids is 1. The highest BCUT2D eigenvalue weighted by Crippen LogP contribution is 2.63. The molecule has 1 aromatic carbocycles. The van der Waals surface area contributed by atoms with Crippen LogP contribution in [0, 0.1) is 29.1 Å². The summed E-state index contributed by atoms with van der Waals surface area (Å²) in [7, 11) is 0. The fourth-order valence-electron chi connectivity index (χ4n) is 5.68. The van der Waals surface area contributed by atoms with Gasteiger partial charge in [0, 0.05) is 12.3 Å². The van der Waals surface area contributed by atoms with Crippen molar-refractivity contribution in [2.24, 2.45) is 29.1 Å². The monoisotopic (exact) mass is 298 g/mol. The molecular weight excluding hydrogens is 272 g/mol. The molecule has 0 amide bonds. The Labute approximate surface area is 133 Å². The summed E-state index contributed by atoms with van der Waals surface area (Å²) in [6.45, 7) is 5.36. The van der Waals surface area contributed by atoms with E-state index in [-0.39, 0.29) is 5.41 Å². The summed E-state index contributed by atoms with van der Waals surface area (Å²) in [6.07, 6.45) is 4.63. The number of ether oxygens (including phenoxy) is 1. The summed E-state index contributed by atoms with van der Waals surface area (Å²) in [5.74, 6) is 2.73. The molecule has 4 rings (SSSR count). The second-order valence-corrected chi connectivity index (χ2v) is 8.18. The molecule has 0 heterocycles. The van der Waals surface area contributed by atoms with Crippen LogP contribution in [0.3, 0.4) is 0 Å². The van der Waals surface area contributed by atoms with Gasteiger partial charge in [-0.2, -0.15) is 0 Å². The van der Waals surface area contributed by atoms with E-state index in [9.17, 15) is 4.79 Å². The maximum absolute atomic E-state index is 12.4. The molecule has 6 atom stereocenters. The molecule has 0 saturated heterocycles. The molecule has 0 aliphatic heterocycles. The van der Waals surface area contributed by atoms with Gasteiger partial charge < -0.3 is 4.74 Å². The molecule has 4 unspecified atom stereocenters. The quantitative estimate of drug-likeness (QED) is 0.834. The Kier molecular flexibility index (Phi) is 3.41. The van der Waals surface area contributed by atoms with Crippen LogP contribution in [0.5, 0.6) is 0 Å². The summed E-state index contributed by atoms with van der Waals surface area (Å²) in [4.78, 5) is 12.4. The predicted molar refractivity (Wildman–Crippen MR) is 86.2 cm³/mol. The van der Waals surface area contributed by atoms with Gasteiger partial charge in [-0.05, 0) is 48.0 Å². The number of ketones is 1. The molecule has 2 nitrogen and oxygen atoms in total. The van der Waals surface area contributed by atoms with Crippen molar-refractivity contribution in [3.8, 4) is 0 Å². The van der Waals surface area contributed by atoms with Crippen LogP contribution < -0.4 is 0 Å². The van der Waals surface area contributed by atoms with Gasteiger partial charge in [-0.3, -0.25) is 4.79 Å². The van der Waals surface area contributed by atoms with E-state index in [1.54, 1.807) is 0 Å². The van der Waals surface area contributed by atoms with Crippen molar-refractivity contribution in [2.75, 3.05) is 0 Å². The van der Waals surface area contributed by atoms with Crippen LogP contribution >= 0.6 is 0 Å². The molecule has 1 aromatic rings. The molecule has 4 bridgehead atoms. The molecule has 0 aromatic heterocycles. The average molecular weight is 298 g/mol. The van der Waals surface area contributed by atoms with Crippen molar-refractivity contribution in [2.45, 2.75) is 52.2 Å². The van der Waals surface area contributed by atoms with E-state index in [1.165, 1.54) is 18.4 Å². The first-order chi connectivity index (χ1) is 10.6. The lowest BCUT2D eigenvalue weighted by Crippen LogP contribution is -2.35. The van der Waals surface area contributed by atoms with Gasteiger partial charge in [0.25, 0.3) is 0 Å². The molecule has 118 valence electrons. The van der Waals surface area contributed by atoms with Gasteiger partial charge in [0.15, 0.2) is 0 Å². The molecular formula is C20H26O2. The maximum Gasteiger partial charge on any atom is 0.137 e. The van der Waals surface area contributed by atoms with Crippen LogP contribution in [-0.2, 0) is 16.1 Å². The maximum atomic E-state index is 12.4. The van der Waals surface area contributed by atoms with Gasteiger partial charge in [0.1, 0.15) is 5.78 Å². The van der Waals surface area contributed by atoms with E-state index < -0.39 is 0 Å². The summed E-state index contributed by atoms with van der Waals surface area (Å²) in [6, 6.07) is 10.4. The van der Waals surface area contributed by atoms with Crippen molar-refractivity contribution in [3.63, 3.8) is 0 Å². The van der Waals surface area contributed by atoms with Crippen molar-refractivity contribution in [1.82, 2.24) is 0 Å². The van der Waals surface area contributed by atoms with E-state index in [0.29, 0.717) is 42.2 Å². The lowest BCUT2D eigenvalue weighted by atomic mass is 9.70. The number of hydrogen-bond acceptors (Lipinski definition) is 2. The van der Waals surface area contributed by atoms with E-state index in [1.807, 2.05) is 6.07 Å². The fourth-order valence-corrected chi connectivity index (χ4v) is 5.68. The number of Topliss-reactive ketones (excluding diaryl/α,β-unsaturated/α-hetero) is 1. The topological polar surface area (TPSA) is 26.3 Å². The van der Waals surface area contributed by atoms with E-state index >= 15 is 0 Å². The molecule has 0 spiro atoms. The normalized spacial score (nSPS) is 43.4. The zero-order chi connectivity index (χ0) is 15.3. The first-order valence-corrected chi connectivity index (χ1v) is 8.75. The SMILES string of the molecule is C[C@H]1CC2C3CC(=O)C2C(C)(C3)C[C@@H]1OCc1ccccc1. The first-order valence-electron chi connectivity index (χ1n) is 8.75. The zero-order valence-corrected chi connectivity index (χ0v) is 13.6. The Hall–Kier alpha value is -1.15. The highest BCUT2D eigenvalue weighted by atomic mass is 16.5. The Balaban J connectivity index is 1.50. The Morgan fingerprint density at radius 2 is 2.00 bits per heavy atom. The highest BCUT2D eigenvalue weighted by Gasteiger charge is 2.61. The predicted octanol–water partition coefficient (Wildman–Crippen LogP) is 4.23. The third-order valence-electron chi connectivity index (χ3n) is 6.58. The standard InChI is InChI=1S/C20H26O2/c1-13-8-16-15-9-17(21)19(16)20(2,10-15)11-18(13)22-12-14-6-4-3-5-7-14/h3-7,13,15-16,18-19H,8-12H2,1-2H3/t13-,15?,16?,18-,19?,20?/m0/s1. The Morgan fingerprint density at radius 1 is 1.23 bits per heavy atom. The molecule has 2 heteroatoms. The van der Waals surface area contributed by atoms with Crippen LogP contribution in [0.2, 0.25) is 0 Å². The summed E-state index contributed by atoms with van der Waals surface area (Å²) in [5, 5.41) is 0. The number of carbonyl (C=O) groups is 1. The van der Waals surface area contributed by atoms with Crippen LogP contribution in [0.4, 0.5) is 0 Å². The van der Waals surface area contributed by atoms with Crippen LogP contribution in [0.15, 0.2) is 30.3 Å². The highest BCUT2D eigenvalue weighted by molar-refractivity contribution is 5.86. The van der Waals surface area contributed by atoms with Crippen molar-refractivity contribution >= 4 is 5.78 Å². The summed E-state index contributed by atoms with van der Waals surface area (Å²) >= 11 is 0. The van der Waals surface area contributed by atoms with Crippen molar-refractivity contribution < 1.29 is 9.53 Å². The second-order valence-electron chi connectivity index (χ2n) is 8.18. The Bertz CT molecular complexity index is 566. The molecule has 22 heavy (non-hydrogen) atoms. The molecule has 0 N–H and O–H groups in total. The number of rotatable bonds is 3. The van der Waals surface area contributed by atoms with Gasteiger partial charge in [0.2, 0.25) is 0 Å².